The van der Waals surface area contributed by atoms with Crippen LogP contribution in [-0.4, -0.2) is 25.3 Å². The van der Waals surface area contributed by atoms with E-state index >= 15 is 0 Å². The first-order valence-electron chi connectivity index (χ1n) is 7.53. The Kier molecular flexibility index (Phi) is 4.38. The average Bonchev–Trinajstić information content (AvgIpc) is 2.84. The Labute approximate surface area is 138 Å². The Hall–Kier alpha value is -2.28. The average molecular weight is 329 g/mol. The van der Waals surface area contributed by atoms with E-state index in [2.05, 4.69) is 21.9 Å². The molecule has 0 spiro atoms. The monoisotopic (exact) mass is 329 g/mol. The largest absolute Gasteiger partial charge is 0.382 e. The van der Waals surface area contributed by atoms with Gasteiger partial charge in [0.15, 0.2) is 16.6 Å². The van der Waals surface area contributed by atoms with Crippen LogP contribution in [0.15, 0.2) is 34.2 Å². The zero-order valence-electron chi connectivity index (χ0n) is 13.2. The summed E-state index contributed by atoms with van der Waals surface area (Å²) < 4.78 is 1.61. The number of aromatic nitrogens is 4. The molecule has 7 heteroatoms. The van der Waals surface area contributed by atoms with Crippen LogP contribution < -0.4 is 11.4 Å². The molecule has 0 amide bonds. The van der Waals surface area contributed by atoms with Gasteiger partial charge >= 0.3 is 5.69 Å². The fourth-order valence-electron chi connectivity index (χ4n) is 2.31. The minimum absolute atomic E-state index is 0.223. The van der Waals surface area contributed by atoms with Crippen LogP contribution in [0.25, 0.3) is 11.2 Å². The van der Waals surface area contributed by atoms with E-state index in [1.54, 1.807) is 16.3 Å². The summed E-state index contributed by atoms with van der Waals surface area (Å²) in [4.78, 5) is 23.8. The highest BCUT2D eigenvalue weighted by Gasteiger charge is 2.14. The topological polar surface area (TPSA) is 89.6 Å². The predicted octanol–water partition coefficient (Wildman–Crippen LogP) is 2.56. The number of fused-ring (bicyclic) bond motifs is 1. The second kappa shape index (κ2) is 6.45. The molecule has 0 aliphatic rings. The maximum atomic E-state index is 12.3. The number of thioether (sulfide) groups is 1. The Morgan fingerprint density at radius 1 is 1.26 bits per heavy atom. The molecule has 0 saturated heterocycles. The van der Waals surface area contributed by atoms with Gasteiger partial charge in [0.1, 0.15) is 5.52 Å². The second-order valence-corrected chi connectivity index (χ2v) is 6.50. The lowest BCUT2D eigenvalue weighted by molar-refractivity contribution is 0.771. The minimum Gasteiger partial charge on any atom is -0.382 e. The molecule has 0 radical (unpaired) electrons. The van der Waals surface area contributed by atoms with E-state index in [0.717, 1.165) is 17.7 Å². The molecular weight excluding hydrogens is 310 g/mol. The number of aryl methyl sites for hydroxylation is 1. The summed E-state index contributed by atoms with van der Waals surface area (Å²) in [6, 6.07) is 8.08. The molecule has 0 atom stereocenters. The fourth-order valence-corrected chi connectivity index (χ4v) is 3.01. The lowest BCUT2D eigenvalue weighted by atomic mass is 10.1. The summed E-state index contributed by atoms with van der Waals surface area (Å²) in [6.07, 6.45) is 1.02. The van der Waals surface area contributed by atoms with Crippen molar-refractivity contribution in [2.75, 3.05) is 11.5 Å². The summed E-state index contributed by atoms with van der Waals surface area (Å²) in [5.41, 5.74) is 9.04. The third-order valence-electron chi connectivity index (χ3n) is 3.53. The molecule has 0 saturated carbocycles. The maximum absolute atomic E-state index is 12.3. The number of nitrogen functional groups attached to an aromatic ring is 1. The van der Waals surface area contributed by atoms with Crippen LogP contribution in [0, 0.1) is 6.92 Å². The van der Waals surface area contributed by atoms with Crippen LogP contribution in [0.4, 0.5) is 5.82 Å². The molecule has 1 aromatic carbocycles. The van der Waals surface area contributed by atoms with Crippen molar-refractivity contribution in [2.24, 2.45) is 0 Å². The Bertz CT molecular complexity index is 882. The van der Waals surface area contributed by atoms with Gasteiger partial charge in [0.2, 0.25) is 0 Å². The summed E-state index contributed by atoms with van der Waals surface area (Å²) in [6.45, 7) is 4.58. The molecule has 0 aliphatic carbocycles. The number of nitrogens with two attached hydrogens (primary N) is 1. The van der Waals surface area contributed by atoms with Gasteiger partial charge in [-0.25, -0.2) is 14.8 Å². The number of nitrogens with one attached hydrogen (secondary N) is 1. The minimum atomic E-state index is -0.223. The molecule has 3 N–H and O–H groups in total. The number of imidazole rings is 1. The number of nitrogens with zero attached hydrogens (tertiary/aromatic N) is 3. The molecule has 120 valence electrons. The van der Waals surface area contributed by atoms with Gasteiger partial charge < -0.3 is 10.7 Å². The molecule has 0 bridgehead atoms. The summed E-state index contributed by atoms with van der Waals surface area (Å²) in [5, 5.41) is 0.605. The fraction of sp³-hybridized carbons (Fsp3) is 0.312. The number of hydrogen-bond acceptors (Lipinski definition) is 5. The summed E-state index contributed by atoms with van der Waals surface area (Å²) in [5.74, 6) is 1.23. The molecule has 0 fully saturated rings. The van der Waals surface area contributed by atoms with E-state index in [1.165, 1.54) is 5.56 Å². The van der Waals surface area contributed by atoms with Crippen molar-refractivity contribution in [2.45, 2.75) is 32.0 Å². The smallest absolute Gasteiger partial charge is 0.328 e. The van der Waals surface area contributed by atoms with E-state index in [9.17, 15) is 4.79 Å². The number of anilines is 1. The third kappa shape index (κ3) is 3.24. The summed E-state index contributed by atoms with van der Waals surface area (Å²) >= 11 is 1.54. The SMILES string of the molecule is CCCSc1nc(N)c2[nH]c(=O)n(Cc3ccc(C)cc3)c2n1. The zero-order valence-corrected chi connectivity index (χ0v) is 14.0. The van der Waals surface area contributed by atoms with Crippen LogP contribution in [0.3, 0.4) is 0 Å². The number of benzene rings is 1. The van der Waals surface area contributed by atoms with Gasteiger partial charge in [-0.1, -0.05) is 48.5 Å². The van der Waals surface area contributed by atoms with Gasteiger partial charge in [-0.2, -0.15) is 0 Å². The first kappa shape index (κ1) is 15.6. The maximum Gasteiger partial charge on any atom is 0.328 e. The van der Waals surface area contributed by atoms with Crippen molar-refractivity contribution in [3.63, 3.8) is 0 Å². The van der Waals surface area contributed by atoms with Crippen molar-refractivity contribution in [1.29, 1.82) is 0 Å². The van der Waals surface area contributed by atoms with Crippen molar-refractivity contribution in [3.8, 4) is 0 Å². The predicted molar refractivity (Wildman–Crippen MR) is 93.9 cm³/mol. The Balaban J connectivity index is 2.04. The van der Waals surface area contributed by atoms with E-state index in [1.807, 2.05) is 31.2 Å². The van der Waals surface area contributed by atoms with Crippen molar-refractivity contribution < 1.29 is 0 Å². The lowest BCUT2D eigenvalue weighted by Crippen LogP contribution is -2.17. The van der Waals surface area contributed by atoms with Crippen LogP contribution in [0.5, 0.6) is 0 Å². The van der Waals surface area contributed by atoms with Gasteiger partial charge in [-0.3, -0.25) is 4.57 Å². The molecular formula is C16H19N5OS. The van der Waals surface area contributed by atoms with Crippen molar-refractivity contribution in [1.82, 2.24) is 19.5 Å². The molecule has 2 heterocycles. The van der Waals surface area contributed by atoms with Gasteiger partial charge in [0.05, 0.1) is 6.54 Å². The first-order valence-corrected chi connectivity index (χ1v) is 8.51. The van der Waals surface area contributed by atoms with Crippen LogP contribution >= 0.6 is 11.8 Å². The highest BCUT2D eigenvalue weighted by molar-refractivity contribution is 7.99. The standard InChI is InChI=1S/C16H19N5OS/c1-3-8-23-15-19-13(17)12-14(20-15)21(16(22)18-12)9-11-6-4-10(2)5-7-11/h4-7H,3,8-9H2,1-2H3,(H,18,22)(H2,17,19,20). The van der Waals surface area contributed by atoms with E-state index in [4.69, 9.17) is 5.73 Å². The van der Waals surface area contributed by atoms with Crippen LogP contribution in [-0.2, 0) is 6.54 Å². The number of rotatable bonds is 5. The molecule has 0 unspecified atom stereocenters. The van der Waals surface area contributed by atoms with Gasteiger partial charge in [-0.15, -0.1) is 0 Å². The van der Waals surface area contributed by atoms with Crippen molar-refractivity contribution >= 4 is 28.7 Å². The van der Waals surface area contributed by atoms with E-state index in [0.29, 0.717) is 28.7 Å². The second-order valence-electron chi connectivity index (χ2n) is 5.44. The highest BCUT2D eigenvalue weighted by atomic mass is 32.2. The molecule has 6 nitrogen and oxygen atoms in total. The van der Waals surface area contributed by atoms with Gasteiger partial charge in [-0.05, 0) is 18.9 Å². The Morgan fingerprint density at radius 2 is 2.00 bits per heavy atom. The third-order valence-corrected chi connectivity index (χ3v) is 4.58. The lowest BCUT2D eigenvalue weighted by Gasteiger charge is -2.05. The molecule has 3 rings (SSSR count). The van der Waals surface area contributed by atoms with Gasteiger partial charge in [0.25, 0.3) is 0 Å². The molecule has 2 aromatic heterocycles. The first-order chi connectivity index (χ1) is 11.1. The molecule has 0 aliphatic heterocycles. The number of aromatic amines is 1. The van der Waals surface area contributed by atoms with Crippen LogP contribution in [0.1, 0.15) is 24.5 Å². The number of H-pyrrole nitrogens is 1. The molecule has 23 heavy (non-hydrogen) atoms. The summed E-state index contributed by atoms with van der Waals surface area (Å²) in [7, 11) is 0. The Morgan fingerprint density at radius 3 is 2.70 bits per heavy atom. The highest BCUT2D eigenvalue weighted by Crippen LogP contribution is 2.21. The van der Waals surface area contributed by atoms with E-state index < -0.39 is 0 Å². The van der Waals surface area contributed by atoms with Crippen LogP contribution in [0.2, 0.25) is 0 Å². The molecule has 3 aromatic rings. The van der Waals surface area contributed by atoms with Crippen molar-refractivity contribution in [3.05, 3.63) is 45.9 Å². The van der Waals surface area contributed by atoms with Gasteiger partial charge in [0, 0.05) is 5.75 Å². The quantitative estimate of drug-likeness (QED) is 0.554. The normalized spacial score (nSPS) is 11.2. The zero-order chi connectivity index (χ0) is 16.4. The van der Waals surface area contributed by atoms with E-state index in [-0.39, 0.29) is 5.69 Å². The number of hydrogen-bond donors (Lipinski definition) is 2.